The van der Waals surface area contributed by atoms with E-state index in [1.54, 1.807) is 0 Å². The lowest BCUT2D eigenvalue weighted by molar-refractivity contribution is -0.389. The molecule has 0 aromatic carbocycles. The Morgan fingerprint density at radius 2 is 0.694 bits per heavy atom. The van der Waals surface area contributed by atoms with E-state index in [2.05, 4.69) is 16.0 Å². The average Bonchev–Trinajstić information content (AvgIpc) is 0.758. The van der Waals surface area contributed by atoms with Crippen molar-refractivity contribution in [3.05, 3.63) is 0 Å². The third-order valence-corrected chi connectivity index (χ3v) is 22.6. The molecule has 10 aliphatic heterocycles. The van der Waals surface area contributed by atoms with Crippen LogP contribution in [-0.4, -0.2) is 514 Å². The first-order chi connectivity index (χ1) is 57.0. The van der Waals surface area contributed by atoms with Crippen LogP contribution in [0.5, 0.6) is 0 Å². The molecular weight excluding hydrogens is 1660 g/mol. The fourth-order valence-corrected chi connectivity index (χ4v) is 15.9. The number of hydrogen-bond donors (Lipinski definition) is 30. The highest BCUT2D eigenvalue weighted by Crippen LogP contribution is 2.42. The van der Waals surface area contributed by atoms with Crippen molar-refractivity contribution in [2.45, 2.75) is 354 Å². The zero-order valence-corrected chi connectivity index (χ0v) is 65.4. The molecule has 0 bridgehead atoms. The molecule has 3 amide bonds. The van der Waals surface area contributed by atoms with Crippen molar-refractivity contribution in [1.29, 1.82) is 0 Å². The molecule has 0 aliphatic carbocycles. The number of aliphatic carboxylic acids is 1. The van der Waals surface area contributed by atoms with Crippen LogP contribution in [0, 0.1) is 0 Å². The first kappa shape index (κ1) is 99.2. The molecule has 10 aliphatic rings. The van der Waals surface area contributed by atoms with Crippen LogP contribution < -0.4 is 16.0 Å². The molecule has 53 heteroatoms. The molecule has 700 valence electrons. The molecule has 0 aromatic heterocycles. The molecule has 10 fully saturated rings. The van der Waals surface area contributed by atoms with Crippen LogP contribution in [0.3, 0.4) is 0 Å². The lowest BCUT2D eigenvalue weighted by atomic mass is 9.91. The molecule has 0 spiro atoms. The topological polar surface area (TPSA) is 826 Å². The Bertz CT molecular complexity index is 3300. The predicted octanol–water partition coefficient (Wildman–Crippen LogP) is -19.4. The minimum Gasteiger partial charge on any atom is -0.477 e. The fourth-order valence-electron chi connectivity index (χ4n) is 15.9. The van der Waals surface area contributed by atoms with E-state index in [0.29, 0.717) is 0 Å². The first-order valence-electron chi connectivity index (χ1n) is 38.8. The Kier molecular flexibility index (Phi) is 34.5. The van der Waals surface area contributed by atoms with Crippen LogP contribution >= 0.6 is 0 Å². The normalized spacial score (nSPS) is 50.3. The Balaban J connectivity index is 0.816. The third-order valence-electron chi connectivity index (χ3n) is 22.6. The van der Waals surface area contributed by atoms with Crippen molar-refractivity contribution < 1.29 is 247 Å². The predicted molar refractivity (Wildman–Crippen MR) is 371 cm³/mol. The number of carbonyl (C=O) groups excluding carboxylic acids is 3. The zero-order valence-electron chi connectivity index (χ0n) is 65.4. The van der Waals surface area contributed by atoms with Crippen LogP contribution in [0.15, 0.2) is 0 Å². The van der Waals surface area contributed by atoms with Crippen LogP contribution in [-0.2, 0) is 109 Å². The fraction of sp³-hybridized carbons (Fsp3) is 0.941. The van der Waals surface area contributed by atoms with E-state index in [4.69, 9.17) is 90.0 Å². The molecule has 53 nitrogen and oxygen atoms in total. The Labute approximate surface area is 685 Å². The van der Waals surface area contributed by atoms with Gasteiger partial charge in [-0.15, -0.1) is 0 Å². The summed E-state index contributed by atoms with van der Waals surface area (Å²) >= 11 is 0. The lowest BCUT2D eigenvalue weighted by Crippen LogP contribution is -2.71. The number of carboxylic acids is 1. The summed E-state index contributed by atoms with van der Waals surface area (Å²) in [6.07, 6.45) is -92.3. The van der Waals surface area contributed by atoms with E-state index in [1.165, 1.54) is 20.8 Å². The van der Waals surface area contributed by atoms with E-state index in [0.717, 1.165) is 20.8 Å². The third kappa shape index (κ3) is 21.3. The van der Waals surface area contributed by atoms with Gasteiger partial charge in [0.05, 0.1) is 70.7 Å². The Morgan fingerprint density at radius 3 is 1.14 bits per heavy atom. The molecule has 30 N–H and O–H groups in total. The summed E-state index contributed by atoms with van der Waals surface area (Å²) in [6.45, 7) is -0.723. The highest BCUT2D eigenvalue weighted by atomic mass is 16.8. The maximum atomic E-state index is 13.2. The number of aliphatic hydroxyl groups is 26. The van der Waals surface area contributed by atoms with Gasteiger partial charge in [0, 0.05) is 27.2 Å². The maximum absolute atomic E-state index is 13.2. The van der Waals surface area contributed by atoms with Crippen molar-refractivity contribution in [3.8, 4) is 0 Å². The van der Waals surface area contributed by atoms with Gasteiger partial charge in [0.2, 0.25) is 17.7 Å². The molecule has 0 radical (unpaired) electrons. The number of hydrogen-bond acceptors (Lipinski definition) is 49. The highest BCUT2D eigenvalue weighted by Gasteiger charge is 2.63. The second-order valence-electron chi connectivity index (χ2n) is 31.1. The zero-order chi connectivity index (χ0) is 89.3. The summed E-state index contributed by atoms with van der Waals surface area (Å²) in [7, 11) is 0. The monoisotopic (exact) mass is 1770 g/mol. The van der Waals surface area contributed by atoms with E-state index >= 15 is 0 Å². The van der Waals surface area contributed by atoms with Crippen molar-refractivity contribution in [2.24, 2.45) is 0 Å². The van der Waals surface area contributed by atoms with Crippen LogP contribution in [0.1, 0.15) is 48.0 Å². The molecule has 10 heterocycles. The second-order valence-corrected chi connectivity index (χ2v) is 31.1. The van der Waals surface area contributed by atoms with Crippen LogP contribution in [0.2, 0.25) is 0 Å². The van der Waals surface area contributed by atoms with Crippen LogP contribution in [0.4, 0.5) is 0 Å². The molecule has 121 heavy (non-hydrogen) atoms. The van der Waals surface area contributed by atoms with E-state index in [1.807, 2.05) is 0 Å². The van der Waals surface area contributed by atoms with Gasteiger partial charge in [-0.1, -0.05) is 0 Å². The lowest BCUT2D eigenvalue weighted by Gasteiger charge is -2.51. The van der Waals surface area contributed by atoms with Gasteiger partial charge in [-0.3, -0.25) is 14.4 Å². The number of amides is 3. The van der Waals surface area contributed by atoms with Crippen molar-refractivity contribution in [2.75, 3.05) is 46.2 Å². The summed E-state index contributed by atoms with van der Waals surface area (Å²) in [5, 5.41) is 304. The molecule has 0 saturated carbocycles. The largest absolute Gasteiger partial charge is 0.477 e. The SMILES string of the molecule is CC(=O)N[C@H]1[C@H](O[C@H]2[C@H](O)[C@@H](O)[C@H](OC[C@H]3O[C@H](O[C@H]4[C@H](O)[C@H](O)[C@@H](O)O[C@@H]4CO)[C@H](O)[C@@H](O)[C@@H]3O)O[C@@H]2CO)O[C@H](CO)[C@@H](O)[C@@H]1O[C@H]1O[C@H](C)[C@@H](O[C@@H]2O[C@H](CO)[C@@H](O)[C@H](O[C@H]3O[C@H](C)[C@@H](O)[C@H](O[C@@H]4O[C@H](CO)[C@@H](O)[C@H](O[C@H]5O[C@H](C)[C@@H](O)[C@H](O[C@@]6(C(=O)O)C[C@@H](O)[C@@H](O)[C@@H]([C@H](O)CO)O6)[C@@H]5O)[C@H]4NC(C)=O)[C@@H]3O)[C@H]2NC(C)=O)[C@H](O)[C@@H]1O. The maximum Gasteiger partial charge on any atom is 0.364 e. The smallest absolute Gasteiger partial charge is 0.364 e. The van der Waals surface area contributed by atoms with E-state index in [9.17, 15) is 157 Å². The molecule has 10 saturated heterocycles. The molecular formula is C68H113N3O50. The summed E-state index contributed by atoms with van der Waals surface area (Å²) < 4.78 is 111. The number of nitrogens with one attached hydrogen (secondary N) is 3. The van der Waals surface area contributed by atoms with Crippen molar-refractivity contribution >= 4 is 23.7 Å². The Hall–Kier alpha value is -3.92. The van der Waals surface area contributed by atoms with Gasteiger partial charge >= 0.3 is 5.97 Å². The minimum absolute atomic E-state index is 0.893. The quantitative estimate of drug-likeness (QED) is 0.0318. The number of ether oxygens (including phenoxy) is 19. The van der Waals surface area contributed by atoms with Gasteiger partial charge in [0.15, 0.2) is 56.6 Å². The summed E-state index contributed by atoms with van der Waals surface area (Å²) in [5.41, 5.74) is 0. The molecule has 0 unspecified atom stereocenters. The molecule has 50 atom stereocenters. The van der Waals surface area contributed by atoms with Crippen molar-refractivity contribution in [3.63, 3.8) is 0 Å². The summed E-state index contributed by atoms with van der Waals surface area (Å²) in [5.74, 6) is -7.88. The second kappa shape index (κ2) is 42.1. The van der Waals surface area contributed by atoms with Crippen molar-refractivity contribution in [1.82, 2.24) is 16.0 Å². The van der Waals surface area contributed by atoms with E-state index < -0.39 is 383 Å². The van der Waals surface area contributed by atoms with Gasteiger partial charge in [-0.2, -0.15) is 0 Å². The number of carboxylic acid groups (broad SMARTS) is 1. The van der Waals surface area contributed by atoms with E-state index in [-0.39, 0.29) is 0 Å². The van der Waals surface area contributed by atoms with Gasteiger partial charge in [-0.25, -0.2) is 4.79 Å². The highest BCUT2D eigenvalue weighted by molar-refractivity contribution is 5.76. The molecule has 10 rings (SSSR count). The average molecular weight is 1770 g/mol. The van der Waals surface area contributed by atoms with Gasteiger partial charge in [-0.05, 0) is 20.8 Å². The minimum atomic E-state index is -3.10. The summed E-state index contributed by atoms with van der Waals surface area (Å²) in [6, 6.07) is -5.56. The van der Waals surface area contributed by atoms with Crippen LogP contribution in [0.25, 0.3) is 0 Å². The molecule has 0 aromatic rings. The van der Waals surface area contributed by atoms with Gasteiger partial charge < -0.3 is 244 Å². The summed E-state index contributed by atoms with van der Waals surface area (Å²) in [4.78, 5) is 52.2. The number of carbonyl (C=O) groups is 4. The number of rotatable bonds is 30. The number of aliphatic hydroxyl groups excluding tert-OH is 26. The van der Waals surface area contributed by atoms with Gasteiger partial charge in [0.25, 0.3) is 5.79 Å². The Morgan fingerprint density at radius 1 is 0.347 bits per heavy atom. The standard InChI is InChI=1S/C68H113N3O50/c1-15-32(83)56(119-61-31(71-20(6)80)55(38(89)25(11-75)110-61)118-66-48(99)57(33(84)16(2)105-66)121-68(67(101)102)7-21(81)34(85)50(120-68)22(82)8-72)47(98)65(104-15)117-54-29(69-18(4)78)59(108-23(9-73)37(54)88)113-49-17(3)106-63(46(97)41(49)92)116-53-30(70-19(5)79)60(109-24(10-74)36(53)87)114-52-27(13-77)111-62(45(96)42(52)93)103-14-28-35(86)39(90)44(95)64(112-28)115-51-26(12-76)107-58(100)43(94)40(51)91/h15-17,21-66,72-77,81-100H,7-14H2,1-6H3,(H,69,78)(H,70,79)(H,71,80)(H,101,102)/t15-,16-,17-,21-,22-,23-,24-,25-,26-,27-,28-,29-,30-,31-,32-,33-,34-,35-,36-,37-,38-,39+,40-,41-,42-,43+,44-,45-,46+,47+,48+,49-,50-,51-,52-,53-,54-,55-,56+,57+,58+,59+,60+,61+,62-,63-,64-,65-,66-,68-/m1/s1. The van der Waals surface area contributed by atoms with Gasteiger partial charge in [0.1, 0.15) is 220 Å². The first-order valence-corrected chi connectivity index (χ1v) is 38.8.